The van der Waals surface area contributed by atoms with Gasteiger partial charge in [0.25, 0.3) is 0 Å². The summed E-state index contributed by atoms with van der Waals surface area (Å²) in [5.74, 6) is 2.16. The van der Waals surface area contributed by atoms with Crippen LogP contribution >= 0.6 is 0 Å². The van der Waals surface area contributed by atoms with Crippen molar-refractivity contribution in [2.45, 2.75) is 20.3 Å². The lowest BCUT2D eigenvalue weighted by Crippen LogP contribution is -2.49. The van der Waals surface area contributed by atoms with Gasteiger partial charge in [0, 0.05) is 44.9 Å². The van der Waals surface area contributed by atoms with E-state index in [4.69, 9.17) is 4.52 Å². The summed E-state index contributed by atoms with van der Waals surface area (Å²) in [4.78, 5) is 25.5. The molecule has 2 aromatic heterocycles. The Morgan fingerprint density at radius 2 is 1.93 bits per heavy atom. The fourth-order valence-corrected chi connectivity index (χ4v) is 3.42. The number of hydrogen-bond donors (Lipinski definition) is 0. The number of hydrogen-bond acceptors (Lipinski definition) is 6. The van der Waals surface area contributed by atoms with Crippen molar-refractivity contribution in [3.05, 3.63) is 59.6 Å². The van der Waals surface area contributed by atoms with E-state index in [2.05, 4.69) is 26.1 Å². The fraction of sp³-hybridized carbons (Fsp3) is 0.333. The minimum absolute atomic E-state index is 0.182. The Bertz CT molecular complexity index is 959. The second kappa shape index (κ2) is 7.80. The van der Waals surface area contributed by atoms with Gasteiger partial charge in [0.1, 0.15) is 5.82 Å². The monoisotopic (exact) mass is 377 g/mol. The van der Waals surface area contributed by atoms with Gasteiger partial charge in [-0.2, -0.15) is 4.98 Å². The van der Waals surface area contributed by atoms with E-state index in [-0.39, 0.29) is 5.91 Å². The largest absolute Gasteiger partial charge is 0.353 e. The summed E-state index contributed by atoms with van der Waals surface area (Å²) in [7, 11) is 0. The molecule has 1 aromatic carbocycles. The number of benzene rings is 1. The van der Waals surface area contributed by atoms with E-state index in [0.717, 1.165) is 30.0 Å². The van der Waals surface area contributed by atoms with Gasteiger partial charge in [0.2, 0.25) is 17.6 Å². The molecule has 7 heteroatoms. The summed E-state index contributed by atoms with van der Waals surface area (Å²) in [6, 6.07) is 12.0. The van der Waals surface area contributed by atoms with E-state index in [1.165, 1.54) is 5.56 Å². The molecule has 0 atom stereocenters. The predicted octanol–water partition coefficient (Wildman–Crippen LogP) is 2.64. The third-order valence-electron chi connectivity index (χ3n) is 4.93. The van der Waals surface area contributed by atoms with Crippen LogP contribution in [0.1, 0.15) is 17.0 Å². The van der Waals surface area contributed by atoms with Gasteiger partial charge in [0.15, 0.2) is 0 Å². The van der Waals surface area contributed by atoms with E-state index >= 15 is 0 Å². The summed E-state index contributed by atoms with van der Waals surface area (Å²) in [6.07, 6.45) is 2.22. The zero-order chi connectivity index (χ0) is 19.5. The number of rotatable bonds is 4. The number of pyridine rings is 1. The molecule has 0 N–H and O–H groups in total. The number of piperazine rings is 1. The molecule has 1 aliphatic rings. The maximum Gasteiger partial charge on any atom is 0.227 e. The Morgan fingerprint density at radius 1 is 1.11 bits per heavy atom. The highest BCUT2D eigenvalue weighted by Crippen LogP contribution is 2.19. The zero-order valence-electron chi connectivity index (χ0n) is 16.1. The maximum absolute atomic E-state index is 12.6. The molecule has 7 nitrogen and oxygen atoms in total. The van der Waals surface area contributed by atoms with Crippen molar-refractivity contribution in [3.8, 4) is 11.4 Å². The van der Waals surface area contributed by atoms with E-state index in [9.17, 15) is 4.79 Å². The van der Waals surface area contributed by atoms with Crippen molar-refractivity contribution in [3.63, 3.8) is 0 Å². The molecule has 144 valence electrons. The molecule has 1 amide bonds. The number of carbonyl (C=O) groups excluding carboxylic acids is 1. The van der Waals surface area contributed by atoms with Crippen LogP contribution in [0.3, 0.4) is 0 Å². The van der Waals surface area contributed by atoms with E-state index < -0.39 is 0 Å². The summed E-state index contributed by atoms with van der Waals surface area (Å²) in [5, 5.41) is 3.91. The summed E-state index contributed by atoms with van der Waals surface area (Å²) in [5.41, 5.74) is 3.08. The zero-order valence-corrected chi connectivity index (χ0v) is 16.1. The normalized spacial score (nSPS) is 14.4. The first kappa shape index (κ1) is 18.2. The lowest BCUT2D eigenvalue weighted by Gasteiger charge is -2.35. The first-order chi connectivity index (χ1) is 13.6. The van der Waals surface area contributed by atoms with Crippen LogP contribution in [0.25, 0.3) is 11.4 Å². The third-order valence-corrected chi connectivity index (χ3v) is 4.93. The fourth-order valence-electron chi connectivity index (χ4n) is 3.42. The number of carbonyl (C=O) groups is 1. The smallest absolute Gasteiger partial charge is 0.227 e. The highest BCUT2D eigenvalue weighted by Gasteiger charge is 2.22. The summed E-state index contributed by atoms with van der Waals surface area (Å²) < 4.78 is 5.01. The van der Waals surface area contributed by atoms with Crippen molar-refractivity contribution < 1.29 is 9.32 Å². The molecular weight excluding hydrogens is 354 g/mol. The molecule has 1 fully saturated rings. The molecule has 4 rings (SSSR count). The molecule has 0 aliphatic carbocycles. The van der Waals surface area contributed by atoms with Crippen LogP contribution in [0.2, 0.25) is 0 Å². The van der Waals surface area contributed by atoms with Crippen LogP contribution in [-0.2, 0) is 11.2 Å². The van der Waals surface area contributed by atoms with Gasteiger partial charge in [0.05, 0.1) is 6.42 Å². The molecule has 0 bridgehead atoms. The molecule has 3 heterocycles. The highest BCUT2D eigenvalue weighted by atomic mass is 16.5. The van der Waals surface area contributed by atoms with Crippen LogP contribution in [0.4, 0.5) is 5.82 Å². The van der Waals surface area contributed by atoms with Crippen molar-refractivity contribution in [2.75, 3.05) is 31.1 Å². The Labute approximate surface area is 164 Å². The van der Waals surface area contributed by atoms with Crippen LogP contribution in [-0.4, -0.2) is 52.1 Å². The summed E-state index contributed by atoms with van der Waals surface area (Å²) in [6.45, 7) is 6.76. The quantitative estimate of drug-likeness (QED) is 0.696. The van der Waals surface area contributed by atoms with Crippen molar-refractivity contribution in [1.29, 1.82) is 0 Å². The number of aryl methyl sites for hydroxylation is 2. The van der Waals surface area contributed by atoms with Gasteiger partial charge in [-0.25, -0.2) is 4.98 Å². The van der Waals surface area contributed by atoms with Crippen molar-refractivity contribution in [1.82, 2.24) is 20.0 Å². The molecule has 0 radical (unpaired) electrons. The minimum Gasteiger partial charge on any atom is -0.353 e. The molecule has 1 aliphatic heterocycles. The van der Waals surface area contributed by atoms with Gasteiger partial charge in [-0.05, 0) is 24.6 Å². The van der Waals surface area contributed by atoms with E-state index in [1.807, 2.05) is 42.2 Å². The van der Waals surface area contributed by atoms with Crippen LogP contribution in [0, 0.1) is 13.8 Å². The van der Waals surface area contributed by atoms with Crippen molar-refractivity contribution >= 4 is 11.7 Å². The third kappa shape index (κ3) is 4.03. The Hall–Kier alpha value is -3.22. The van der Waals surface area contributed by atoms with Crippen LogP contribution in [0.5, 0.6) is 0 Å². The first-order valence-electron chi connectivity index (χ1n) is 9.43. The van der Waals surface area contributed by atoms with Crippen LogP contribution in [0.15, 0.2) is 47.1 Å². The van der Waals surface area contributed by atoms with E-state index in [0.29, 0.717) is 31.2 Å². The predicted molar refractivity (Wildman–Crippen MR) is 106 cm³/mol. The molecule has 0 unspecified atom stereocenters. The molecule has 0 saturated carbocycles. The Kier molecular flexibility index (Phi) is 5.06. The Balaban J connectivity index is 1.34. The summed E-state index contributed by atoms with van der Waals surface area (Å²) >= 11 is 0. The Morgan fingerprint density at radius 3 is 2.57 bits per heavy atom. The average Bonchev–Trinajstić information content (AvgIpc) is 3.15. The number of aromatic nitrogens is 3. The first-order valence-corrected chi connectivity index (χ1v) is 9.43. The number of amides is 1. The molecule has 3 aromatic rings. The van der Waals surface area contributed by atoms with Crippen molar-refractivity contribution in [2.24, 2.45) is 0 Å². The molecular formula is C21H23N5O2. The average molecular weight is 377 g/mol. The van der Waals surface area contributed by atoms with Gasteiger partial charge in [-0.15, -0.1) is 0 Å². The number of nitrogens with zero attached hydrogens (tertiary/aromatic N) is 5. The second-order valence-electron chi connectivity index (χ2n) is 7.08. The van der Waals surface area contributed by atoms with Gasteiger partial charge >= 0.3 is 0 Å². The highest BCUT2D eigenvalue weighted by molar-refractivity contribution is 5.79. The topological polar surface area (TPSA) is 75.4 Å². The molecule has 0 spiro atoms. The lowest BCUT2D eigenvalue weighted by atomic mass is 10.1. The van der Waals surface area contributed by atoms with Crippen LogP contribution < -0.4 is 4.90 Å². The SMILES string of the molecule is Cc1cccc(CC(=O)N2CCN(c3ccc(-c4noc(C)n4)cn3)CC2)c1. The van der Waals surface area contributed by atoms with Gasteiger partial charge in [-0.1, -0.05) is 35.0 Å². The second-order valence-corrected chi connectivity index (χ2v) is 7.08. The maximum atomic E-state index is 12.6. The lowest BCUT2D eigenvalue weighted by molar-refractivity contribution is -0.130. The van der Waals surface area contributed by atoms with E-state index in [1.54, 1.807) is 13.1 Å². The number of anilines is 1. The minimum atomic E-state index is 0.182. The van der Waals surface area contributed by atoms with Gasteiger partial charge in [-0.3, -0.25) is 4.79 Å². The van der Waals surface area contributed by atoms with Gasteiger partial charge < -0.3 is 14.3 Å². The molecule has 1 saturated heterocycles. The standard InChI is InChI=1S/C21H23N5O2/c1-15-4-3-5-17(12-15)13-20(27)26-10-8-25(9-11-26)19-7-6-18(14-22-19)21-23-16(2)28-24-21/h3-7,12,14H,8-11,13H2,1-2H3. The molecule has 28 heavy (non-hydrogen) atoms.